The summed E-state index contributed by atoms with van der Waals surface area (Å²) in [5.41, 5.74) is -1.33. The van der Waals surface area contributed by atoms with Gasteiger partial charge in [-0.05, 0) is 24.3 Å². The highest BCUT2D eigenvalue weighted by atomic mass is 19.1. The lowest BCUT2D eigenvalue weighted by atomic mass is 10.1. The molecule has 1 fully saturated rings. The summed E-state index contributed by atoms with van der Waals surface area (Å²) < 4.78 is 43.7. The molecule has 0 spiro atoms. The fraction of sp³-hybridized carbons (Fsp3) is 0.200. The van der Waals surface area contributed by atoms with E-state index in [1.54, 1.807) is 4.90 Å². The van der Waals surface area contributed by atoms with Crippen molar-refractivity contribution < 1.29 is 23.1 Å². The van der Waals surface area contributed by atoms with Gasteiger partial charge in [-0.2, -0.15) is 0 Å². The number of nitrogens with one attached hydrogen (secondary N) is 1. The molecular weight excluding hydrogens is 387 g/mol. The first-order chi connectivity index (χ1) is 13.9. The van der Waals surface area contributed by atoms with Crippen molar-refractivity contribution in [3.63, 3.8) is 0 Å². The van der Waals surface area contributed by atoms with Crippen LogP contribution in [-0.4, -0.2) is 41.8 Å². The zero-order chi connectivity index (χ0) is 20.7. The molecule has 2 heterocycles. The van der Waals surface area contributed by atoms with Gasteiger partial charge in [0.1, 0.15) is 23.0 Å². The van der Waals surface area contributed by atoms with E-state index in [-0.39, 0.29) is 22.3 Å². The number of hydrogen-bond donors (Lipinski definition) is 2. The lowest BCUT2D eigenvalue weighted by Gasteiger charge is -2.30. The van der Waals surface area contributed by atoms with Crippen molar-refractivity contribution in [2.75, 3.05) is 31.1 Å². The molecule has 2 aromatic carbocycles. The van der Waals surface area contributed by atoms with Gasteiger partial charge in [-0.25, -0.2) is 18.0 Å². The van der Waals surface area contributed by atoms with Crippen LogP contribution in [0.25, 0.3) is 16.6 Å². The molecule has 0 bridgehead atoms. The summed E-state index contributed by atoms with van der Waals surface area (Å²) in [5.74, 6) is -3.95. The predicted octanol–water partition coefficient (Wildman–Crippen LogP) is 2.52. The predicted molar refractivity (Wildman–Crippen MR) is 101 cm³/mol. The van der Waals surface area contributed by atoms with Crippen LogP contribution in [-0.2, 0) is 0 Å². The third-order valence-electron chi connectivity index (χ3n) is 4.93. The SMILES string of the molecule is O=C(O)c1cn(-c2ccc(F)cc2F)c2cc(N3CCNCC3)c(F)cc2c1=O. The molecule has 0 amide bonds. The second kappa shape index (κ2) is 7.25. The summed E-state index contributed by atoms with van der Waals surface area (Å²) in [6.07, 6.45) is 0.975. The van der Waals surface area contributed by atoms with Crippen LogP contribution in [0.1, 0.15) is 10.4 Å². The maximum Gasteiger partial charge on any atom is 0.341 e. The molecule has 1 aromatic heterocycles. The van der Waals surface area contributed by atoms with E-state index in [0.717, 1.165) is 29.0 Å². The minimum Gasteiger partial charge on any atom is -0.477 e. The number of aromatic carboxylic acids is 1. The third-order valence-corrected chi connectivity index (χ3v) is 4.93. The summed E-state index contributed by atoms with van der Waals surface area (Å²) >= 11 is 0. The number of carboxylic acid groups (broad SMARTS) is 1. The Morgan fingerprint density at radius 2 is 1.69 bits per heavy atom. The van der Waals surface area contributed by atoms with Crippen molar-refractivity contribution >= 4 is 22.6 Å². The van der Waals surface area contributed by atoms with Gasteiger partial charge >= 0.3 is 5.97 Å². The Morgan fingerprint density at radius 1 is 1.00 bits per heavy atom. The Hall–Kier alpha value is -3.33. The van der Waals surface area contributed by atoms with Crippen LogP contribution in [0.4, 0.5) is 18.9 Å². The number of fused-ring (bicyclic) bond motifs is 1. The summed E-state index contributed by atoms with van der Waals surface area (Å²) in [4.78, 5) is 25.9. The summed E-state index contributed by atoms with van der Waals surface area (Å²) in [6.45, 7) is 2.36. The third kappa shape index (κ3) is 3.33. The first kappa shape index (κ1) is 19.0. The Kier molecular flexibility index (Phi) is 4.75. The van der Waals surface area contributed by atoms with E-state index in [0.29, 0.717) is 32.2 Å². The fourth-order valence-corrected chi connectivity index (χ4v) is 3.51. The van der Waals surface area contributed by atoms with Gasteiger partial charge in [-0.15, -0.1) is 0 Å². The molecular formula is C20H16F3N3O3. The maximum atomic E-state index is 14.8. The lowest BCUT2D eigenvalue weighted by Crippen LogP contribution is -2.43. The molecule has 4 rings (SSSR count). The Balaban J connectivity index is 2.05. The van der Waals surface area contributed by atoms with Crippen LogP contribution < -0.4 is 15.6 Å². The van der Waals surface area contributed by atoms with E-state index in [9.17, 15) is 27.9 Å². The standard InChI is InChI=1S/C20H16F3N3O3/c21-11-1-2-16(14(22)7-11)26-10-13(20(28)29)19(27)12-8-15(23)18(9-17(12)26)25-5-3-24-4-6-25/h1-2,7-10,24H,3-6H2,(H,28,29). The van der Waals surface area contributed by atoms with Crippen molar-refractivity contribution in [1.29, 1.82) is 0 Å². The van der Waals surface area contributed by atoms with Crippen molar-refractivity contribution in [3.05, 3.63) is 69.8 Å². The Bertz CT molecular complexity index is 1190. The molecule has 0 atom stereocenters. The lowest BCUT2D eigenvalue weighted by molar-refractivity contribution is 0.0695. The van der Waals surface area contributed by atoms with Gasteiger partial charge in [0.15, 0.2) is 0 Å². The molecule has 150 valence electrons. The van der Waals surface area contributed by atoms with Crippen molar-refractivity contribution in [1.82, 2.24) is 9.88 Å². The normalized spacial score (nSPS) is 14.4. The van der Waals surface area contributed by atoms with Crippen LogP contribution in [0.15, 0.2) is 41.3 Å². The molecule has 1 aliphatic heterocycles. The number of hydrogen-bond acceptors (Lipinski definition) is 4. The van der Waals surface area contributed by atoms with Gasteiger partial charge in [0.25, 0.3) is 0 Å². The number of nitrogens with zero attached hydrogens (tertiary/aromatic N) is 2. The minimum atomic E-state index is -1.53. The summed E-state index contributed by atoms with van der Waals surface area (Å²) in [6, 6.07) is 5.17. The summed E-state index contributed by atoms with van der Waals surface area (Å²) in [5, 5.41) is 12.3. The van der Waals surface area contributed by atoms with Crippen LogP contribution in [0.5, 0.6) is 0 Å². The van der Waals surface area contributed by atoms with Gasteiger partial charge < -0.3 is 19.9 Å². The van der Waals surface area contributed by atoms with E-state index in [4.69, 9.17) is 0 Å². The first-order valence-corrected chi connectivity index (χ1v) is 8.90. The Labute approximate surface area is 162 Å². The van der Waals surface area contributed by atoms with Crippen LogP contribution in [0.2, 0.25) is 0 Å². The van der Waals surface area contributed by atoms with Crippen LogP contribution in [0.3, 0.4) is 0 Å². The Morgan fingerprint density at radius 3 is 2.34 bits per heavy atom. The average Bonchev–Trinajstić information content (AvgIpc) is 2.69. The topological polar surface area (TPSA) is 74.6 Å². The van der Waals surface area contributed by atoms with Crippen molar-refractivity contribution in [2.45, 2.75) is 0 Å². The number of carboxylic acids is 1. The van der Waals surface area contributed by atoms with Crippen molar-refractivity contribution in [2.24, 2.45) is 0 Å². The molecule has 0 unspecified atom stereocenters. The van der Waals surface area contributed by atoms with Crippen LogP contribution >= 0.6 is 0 Å². The average molecular weight is 403 g/mol. The van der Waals surface area contributed by atoms with E-state index in [2.05, 4.69) is 5.32 Å². The van der Waals surface area contributed by atoms with E-state index in [1.165, 1.54) is 6.07 Å². The van der Waals surface area contributed by atoms with Crippen LogP contribution in [0, 0.1) is 17.5 Å². The molecule has 9 heteroatoms. The van der Waals surface area contributed by atoms with E-state index >= 15 is 0 Å². The van der Waals surface area contributed by atoms with Gasteiger partial charge in [0.05, 0.1) is 16.9 Å². The monoisotopic (exact) mass is 403 g/mol. The molecule has 1 aliphatic rings. The van der Waals surface area contributed by atoms with Gasteiger partial charge in [0.2, 0.25) is 5.43 Å². The highest BCUT2D eigenvalue weighted by Crippen LogP contribution is 2.28. The largest absolute Gasteiger partial charge is 0.477 e. The number of pyridine rings is 1. The quantitative estimate of drug-likeness (QED) is 0.703. The number of piperazine rings is 1. The highest BCUT2D eigenvalue weighted by Gasteiger charge is 2.21. The smallest absolute Gasteiger partial charge is 0.341 e. The zero-order valence-electron chi connectivity index (χ0n) is 15.1. The molecule has 0 aliphatic carbocycles. The number of carbonyl (C=O) groups is 1. The number of aromatic nitrogens is 1. The first-order valence-electron chi connectivity index (χ1n) is 8.90. The molecule has 29 heavy (non-hydrogen) atoms. The second-order valence-electron chi connectivity index (χ2n) is 6.70. The number of rotatable bonds is 3. The molecule has 2 N–H and O–H groups in total. The zero-order valence-corrected chi connectivity index (χ0v) is 15.1. The summed E-state index contributed by atoms with van der Waals surface area (Å²) in [7, 11) is 0. The van der Waals surface area contributed by atoms with E-state index < -0.39 is 34.4 Å². The number of anilines is 1. The molecule has 1 saturated heterocycles. The maximum absolute atomic E-state index is 14.8. The molecule has 0 radical (unpaired) electrons. The van der Waals surface area contributed by atoms with E-state index in [1.807, 2.05) is 0 Å². The molecule has 0 saturated carbocycles. The molecule has 6 nitrogen and oxygen atoms in total. The number of benzene rings is 2. The molecule has 3 aromatic rings. The van der Waals surface area contributed by atoms with Gasteiger partial charge in [0, 0.05) is 43.8 Å². The number of halogens is 3. The second-order valence-corrected chi connectivity index (χ2v) is 6.70. The minimum absolute atomic E-state index is 0.125. The highest BCUT2D eigenvalue weighted by molar-refractivity contribution is 5.94. The van der Waals surface area contributed by atoms with Gasteiger partial charge in [-0.3, -0.25) is 4.79 Å². The van der Waals surface area contributed by atoms with Crippen molar-refractivity contribution in [3.8, 4) is 5.69 Å². The van der Waals surface area contributed by atoms with Gasteiger partial charge in [-0.1, -0.05) is 0 Å². The fourth-order valence-electron chi connectivity index (χ4n) is 3.51.